The molecule has 4 rings (SSSR count). The highest BCUT2D eigenvalue weighted by Crippen LogP contribution is 2.65. The van der Waals surface area contributed by atoms with Gasteiger partial charge in [0.05, 0.1) is 16.5 Å². The number of hydrogen-bond donors (Lipinski definition) is 2. The van der Waals surface area contributed by atoms with Crippen LogP contribution in [0.3, 0.4) is 0 Å². The highest BCUT2D eigenvalue weighted by molar-refractivity contribution is 6.53. The Hall–Kier alpha value is -3.54. The van der Waals surface area contributed by atoms with Gasteiger partial charge in [0, 0.05) is 30.0 Å². The Morgan fingerprint density at radius 3 is 2.28 bits per heavy atom. The number of carbonyl (C=O) groups excluding carboxylic acids is 3. The molecule has 0 aromatic heterocycles. The largest absolute Gasteiger partial charge is 0.419 e. The molecule has 0 unspecified atom stereocenters. The molecule has 2 amide bonds. The maximum absolute atomic E-state index is 15.0. The molecule has 2 atom stereocenters. The SMILES string of the molecule is C=CCC(=O)Nc1c(F)ccc(CC(=O)c2cc(NC(=O)[C@H]3[C@H](c4ccc(F)c(C(F)(F)F)c4)C3(Cl)Cl)ccc2Cl)c1F. The second kappa shape index (κ2) is 12.2. The van der Waals surface area contributed by atoms with Crippen molar-refractivity contribution >= 4 is 63.8 Å². The highest BCUT2D eigenvalue weighted by atomic mass is 35.5. The fraction of sp³-hybridized carbons (Fsp3) is 0.207. The maximum Gasteiger partial charge on any atom is 0.419 e. The zero-order chi connectivity index (χ0) is 31.9. The first kappa shape index (κ1) is 32.4. The predicted molar refractivity (Wildman–Crippen MR) is 150 cm³/mol. The van der Waals surface area contributed by atoms with Crippen molar-refractivity contribution in [2.75, 3.05) is 10.6 Å². The number of rotatable bonds is 9. The minimum absolute atomic E-state index is 0.0274. The molecule has 0 heterocycles. The molecular weight excluding hydrogens is 645 g/mol. The van der Waals surface area contributed by atoms with Gasteiger partial charge in [0.15, 0.2) is 11.6 Å². The van der Waals surface area contributed by atoms with E-state index in [1.54, 1.807) is 0 Å². The summed E-state index contributed by atoms with van der Waals surface area (Å²) >= 11 is 18.6. The molecule has 2 N–H and O–H groups in total. The van der Waals surface area contributed by atoms with E-state index in [9.17, 15) is 40.7 Å². The van der Waals surface area contributed by atoms with E-state index in [-0.39, 0.29) is 33.8 Å². The fourth-order valence-corrected chi connectivity index (χ4v) is 5.55. The van der Waals surface area contributed by atoms with Crippen molar-refractivity contribution in [1.29, 1.82) is 0 Å². The van der Waals surface area contributed by atoms with E-state index in [1.165, 1.54) is 24.3 Å². The van der Waals surface area contributed by atoms with Gasteiger partial charge in [0.1, 0.15) is 21.7 Å². The molecule has 0 spiro atoms. The van der Waals surface area contributed by atoms with Gasteiger partial charge in [-0.1, -0.05) is 29.8 Å². The Kier molecular flexibility index (Phi) is 9.20. The summed E-state index contributed by atoms with van der Waals surface area (Å²) in [5, 5.41) is 4.49. The molecule has 3 aromatic carbocycles. The van der Waals surface area contributed by atoms with E-state index in [1.807, 2.05) is 0 Å². The second-order valence-corrected chi connectivity index (χ2v) is 11.4. The Morgan fingerprint density at radius 1 is 0.953 bits per heavy atom. The predicted octanol–water partition coefficient (Wildman–Crippen LogP) is 8.24. The third-order valence-electron chi connectivity index (χ3n) is 6.64. The summed E-state index contributed by atoms with van der Waals surface area (Å²) in [7, 11) is 0. The maximum atomic E-state index is 15.0. The van der Waals surface area contributed by atoms with Crippen LogP contribution in [0.25, 0.3) is 0 Å². The zero-order valence-corrected chi connectivity index (χ0v) is 23.9. The quantitative estimate of drug-likeness (QED) is 0.105. The standard InChI is InChI=1S/C29H19Cl3F6N2O3/c1-2-3-22(42)40-26-20(34)9-5-14(25(26)35)11-21(41)16-12-15(6-7-18(16)30)39-27(43)24-23(28(24,31)32)13-4-8-19(33)17(10-13)29(36,37)38/h2,4-10,12,23-24H,1,3,11H2,(H,39,43)(H,40,42)/t23-,24+/m0/s1. The first-order chi connectivity index (χ1) is 20.1. The Labute approximate surface area is 255 Å². The molecule has 1 aliphatic rings. The van der Waals surface area contributed by atoms with Gasteiger partial charge in [-0.25, -0.2) is 13.2 Å². The van der Waals surface area contributed by atoms with Crippen LogP contribution in [-0.4, -0.2) is 21.9 Å². The summed E-state index contributed by atoms with van der Waals surface area (Å²) in [6.45, 7) is 3.37. The van der Waals surface area contributed by atoms with E-state index in [0.717, 1.165) is 18.2 Å². The summed E-state index contributed by atoms with van der Waals surface area (Å²) in [4.78, 5) is 37.9. The van der Waals surface area contributed by atoms with Crippen molar-refractivity contribution in [3.8, 4) is 0 Å². The zero-order valence-electron chi connectivity index (χ0n) is 21.6. The lowest BCUT2D eigenvalue weighted by atomic mass is 10.0. The number of halogens is 9. The van der Waals surface area contributed by atoms with E-state index >= 15 is 0 Å². The number of alkyl halides is 5. The smallest absolute Gasteiger partial charge is 0.326 e. The van der Waals surface area contributed by atoms with Gasteiger partial charge in [0.2, 0.25) is 11.8 Å². The Balaban J connectivity index is 1.52. The molecule has 1 fully saturated rings. The fourth-order valence-electron chi connectivity index (χ4n) is 4.49. The van der Waals surface area contributed by atoms with Gasteiger partial charge in [0.25, 0.3) is 0 Å². The second-order valence-electron chi connectivity index (χ2n) is 9.59. The van der Waals surface area contributed by atoms with E-state index in [4.69, 9.17) is 34.8 Å². The molecule has 0 bridgehead atoms. The van der Waals surface area contributed by atoms with Crippen LogP contribution in [0.1, 0.15) is 39.4 Å². The van der Waals surface area contributed by atoms with Crippen LogP contribution in [0.15, 0.2) is 61.2 Å². The number of nitrogens with one attached hydrogen (secondary N) is 2. The van der Waals surface area contributed by atoms with Gasteiger partial charge in [-0.05, 0) is 47.5 Å². The van der Waals surface area contributed by atoms with Gasteiger partial charge >= 0.3 is 6.18 Å². The average molecular weight is 664 g/mol. The number of benzene rings is 3. The average Bonchev–Trinajstić information content (AvgIpc) is 3.50. The number of amides is 2. The van der Waals surface area contributed by atoms with Gasteiger partial charge in [-0.2, -0.15) is 13.2 Å². The van der Waals surface area contributed by atoms with E-state index in [0.29, 0.717) is 12.1 Å². The molecule has 43 heavy (non-hydrogen) atoms. The van der Waals surface area contributed by atoms with E-state index in [2.05, 4.69) is 17.2 Å². The van der Waals surface area contributed by atoms with Gasteiger partial charge in [-0.3, -0.25) is 14.4 Å². The van der Waals surface area contributed by atoms with Crippen molar-refractivity contribution in [2.24, 2.45) is 5.92 Å². The van der Waals surface area contributed by atoms with Crippen LogP contribution in [-0.2, 0) is 22.2 Å². The van der Waals surface area contributed by atoms with Crippen molar-refractivity contribution in [1.82, 2.24) is 0 Å². The lowest BCUT2D eigenvalue weighted by molar-refractivity contribution is -0.140. The van der Waals surface area contributed by atoms with Crippen LogP contribution < -0.4 is 10.6 Å². The summed E-state index contributed by atoms with van der Waals surface area (Å²) in [6, 6.07) is 7.86. The van der Waals surface area contributed by atoms with Crippen molar-refractivity contribution in [2.45, 2.75) is 29.3 Å². The summed E-state index contributed by atoms with van der Waals surface area (Å²) < 4.78 is 80.6. The van der Waals surface area contributed by atoms with E-state index < -0.39 is 75.1 Å². The van der Waals surface area contributed by atoms with Gasteiger partial charge < -0.3 is 10.6 Å². The third kappa shape index (κ3) is 6.84. The summed E-state index contributed by atoms with van der Waals surface area (Å²) in [6.07, 6.45) is -4.55. The Morgan fingerprint density at radius 2 is 1.63 bits per heavy atom. The molecule has 14 heteroatoms. The minimum Gasteiger partial charge on any atom is -0.326 e. The van der Waals surface area contributed by atoms with Crippen LogP contribution in [0, 0.1) is 23.4 Å². The number of anilines is 2. The normalized spacial score (nSPS) is 17.2. The molecule has 0 aliphatic heterocycles. The molecule has 0 radical (unpaired) electrons. The molecule has 1 saturated carbocycles. The molecule has 5 nitrogen and oxygen atoms in total. The number of carbonyl (C=O) groups is 3. The van der Waals surface area contributed by atoms with Crippen molar-refractivity contribution in [3.05, 3.63) is 106 Å². The topological polar surface area (TPSA) is 75.3 Å². The molecule has 1 aliphatic carbocycles. The minimum atomic E-state index is -4.99. The van der Waals surface area contributed by atoms with Gasteiger partial charge in [-0.15, -0.1) is 29.8 Å². The van der Waals surface area contributed by atoms with Crippen molar-refractivity contribution in [3.63, 3.8) is 0 Å². The monoisotopic (exact) mass is 662 g/mol. The Bertz CT molecular complexity index is 1640. The molecule has 0 saturated heterocycles. The highest BCUT2D eigenvalue weighted by Gasteiger charge is 2.67. The van der Waals surface area contributed by atoms with Crippen LogP contribution in [0.2, 0.25) is 5.02 Å². The number of ketones is 1. The van der Waals surface area contributed by atoms with Crippen LogP contribution >= 0.6 is 34.8 Å². The summed E-state index contributed by atoms with van der Waals surface area (Å²) in [5.74, 6) is -8.32. The van der Waals surface area contributed by atoms with Crippen LogP contribution in [0.4, 0.5) is 37.7 Å². The lowest BCUT2D eigenvalue weighted by Crippen LogP contribution is -2.18. The van der Waals surface area contributed by atoms with Crippen LogP contribution in [0.5, 0.6) is 0 Å². The molecule has 3 aromatic rings. The third-order valence-corrected chi connectivity index (χ3v) is 7.91. The number of hydrogen-bond acceptors (Lipinski definition) is 3. The summed E-state index contributed by atoms with van der Waals surface area (Å²) in [5.41, 5.74) is -2.75. The first-order valence-corrected chi connectivity index (χ1v) is 13.4. The molecule has 226 valence electrons. The number of Topliss-reactive ketones (excluding diaryl/α,β-unsaturated/α-hetero) is 1. The first-order valence-electron chi connectivity index (χ1n) is 12.3. The lowest BCUT2D eigenvalue weighted by Gasteiger charge is -2.12. The van der Waals surface area contributed by atoms with Crippen molar-refractivity contribution < 1.29 is 40.7 Å². The molecular formula is C29H19Cl3F6N2O3.